The van der Waals surface area contributed by atoms with Gasteiger partial charge in [0.05, 0.1) is 24.7 Å². The molecule has 9 nitrogen and oxygen atoms in total. The molecule has 3 aromatic rings. The van der Waals surface area contributed by atoms with Crippen LogP contribution in [0.15, 0.2) is 35.5 Å². The number of aromatic hydroxyl groups is 1. The molecule has 0 atom stereocenters. The zero-order chi connectivity index (χ0) is 21.3. The van der Waals surface area contributed by atoms with Gasteiger partial charge < -0.3 is 24.5 Å². The van der Waals surface area contributed by atoms with Crippen molar-refractivity contribution in [2.24, 2.45) is 5.18 Å². The first-order valence-corrected chi connectivity index (χ1v) is 8.89. The van der Waals surface area contributed by atoms with Crippen molar-refractivity contribution in [3.05, 3.63) is 52.2 Å². The zero-order valence-electron chi connectivity index (χ0n) is 15.5. The Morgan fingerprint density at radius 2 is 2.20 bits per heavy atom. The lowest BCUT2D eigenvalue weighted by molar-refractivity contribution is -0.115. The fourth-order valence-electron chi connectivity index (χ4n) is 3.47. The first-order valence-electron chi connectivity index (χ1n) is 8.89. The summed E-state index contributed by atoms with van der Waals surface area (Å²) >= 11 is 0. The number of hydrogen-bond acceptors (Lipinski definition) is 7. The van der Waals surface area contributed by atoms with E-state index in [4.69, 9.17) is 14.7 Å². The second kappa shape index (κ2) is 7.81. The molecule has 0 saturated carbocycles. The van der Waals surface area contributed by atoms with Crippen LogP contribution < -0.4 is 10.1 Å². The van der Waals surface area contributed by atoms with Crippen molar-refractivity contribution >= 4 is 28.2 Å². The third-order valence-electron chi connectivity index (χ3n) is 4.71. The number of halogens is 1. The van der Waals surface area contributed by atoms with Crippen LogP contribution in [0.5, 0.6) is 11.6 Å². The van der Waals surface area contributed by atoms with Gasteiger partial charge in [0, 0.05) is 22.2 Å². The standard InChI is InChI=1S/C20H15FN4O5/c21-13-5-11(19-12(6-13)9-29-10-30-19)8-25-16-7-14(23-17(26)3-4-22)1-2-15(16)18(24-28)20(25)27/h1-2,5-7,27H,3,8-10H2,(H,23,26). The van der Waals surface area contributed by atoms with Crippen molar-refractivity contribution in [2.75, 3.05) is 12.1 Å². The molecule has 1 aromatic heterocycles. The van der Waals surface area contributed by atoms with E-state index < -0.39 is 17.6 Å². The number of rotatable bonds is 5. The summed E-state index contributed by atoms with van der Waals surface area (Å²) in [5, 5.41) is 25.1. The number of hydrogen-bond donors (Lipinski definition) is 2. The molecule has 0 fully saturated rings. The molecule has 2 N–H and O–H groups in total. The maximum atomic E-state index is 14.1. The Kier molecular flexibility index (Phi) is 5.04. The van der Waals surface area contributed by atoms with E-state index in [9.17, 15) is 19.2 Å². The summed E-state index contributed by atoms with van der Waals surface area (Å²) in [6.45, 7) is 0.183. The first kappa shape index (κ1) is 19.4. The molecule has 1 aliphatic heterocycles. The smallest absolute Gasteiger partial charge is 0.238 e. The minimum atomic E-state index is -0.500. The molecule has 4 rings (SSSR count). The quantitative estimate of drug-likeness (QED) is 0.619. The maximum absolute atomic E-state index is 14.1. The molecule has 1 amide bonds. The predicted molar refractivity (Wildman–Crippen MR) is 104 cm³/mol. The first-order chi connectivity index (χ1) is 14.5. The molecule has 0 aliphatic carbocycles. The largest absolute Gasteiger partial charge is 0.493 e. The molecule has 0 saturated heterocycles. The molecule has 0 bridgehead atoms. The van der Waals surface area contributed by atoms with Gasteiger partial charge in [0.25, 0.3) is 0 Å². The van der Waals surface area contributed by atoms with Crippen molar-refractivity contribution in [3.8, 4) is 17.7 Å². The number of carbonyl (C=O) groups is 1. The highest BCUT2D eigenvalue weighted by molar-refractivity contribution is 5.99. The van der Waals surface area contributed by atoms with Gasteiger partial charge >= 0.3 is 0 Å². The highest BCUT2D eigenvalue weighted by Crippen LogP contribution is 2.41. The SMILES string of the molecule is N#CCC(=O)Nc1ccc2c(N=O)c(O)n(Cc3cc(F)cc4c3OCOC4)c2c1. The van der Waals surface area contributed by atoms with Gasteiger partial charge in [0.2, 0.25) is 11.8 Å². The highest BCUT2D eigenvalue weighted by Gasteiger charge is 2.22. The molecule has 152 valence electrons. The van der Waals surface area contributed by atoms with Gasteiger partial charge in [-0.3, -0.25) is 4.79 Å². The van der Waals surface area contributed by atoms with E-state index in [0.29, 0.717) is 33.5 Å². The van der Waals surface area contributed by atoms with Gasteiger partial charge in [-0.15, -0.1) is 4.91 Å². The molecule has 0 radical (unpaired) electrons. The topological polar surface area (TPSA) is 126 Å². The van der Waals surface area contributed by atoms with Gasteiger partial charge in [-0.2, -0.15) is 5.26 Å². The molecule has 1 aliphatic rings. The highest BCUT2D eigenvalue weighted by atomic mass is 19.1. The van der Waals surface area contributed by atoms with E-state index >= 15 is 0 Å². The lowest BCUT2D eigenvalue weighted by Gasteiger charge is -2.21. The van der Waals surface area contributed by atoms with Crippen LogP contribution in [0.25, 0.3) is 10.9 Å². The molecular weight excluding hydrogens is 395 g/mol. The predicted octanol–water partition coefficient (Wildman–Crippen LogP) is 3.65. The van der Waals surface area contributed by atoms with Crippen molar-refractivity contribution in [2.45, 2.75) is 19.6 Å². The van der Waals surface area contributed by atoms with Crippen LogP contribution in [0.2, 0.25) is 0 Å². The van der Waals surface area contributed by atoms with Gasteiger partial charge in [0.1, 0.15) is 18.0 Å². The molecule has 0 spiro atoms. The minimum absolute atomic E-state index is 0.0141. The number of aromatic nitrogens is 1. The van der Waals surface area contributed by atoms with Gasteiger partial charge in [-0.25, -0.2) is 4.39 Å². The van der Waals surface area contributed by atoms with Gasteiger partial charge in [-0.1, -0.05) is 0 Å². The van der Waals surface area contributed by atoms with Crippen molar-refractivity contribution in [1.82, 2.24) is 4.57 Å². The summed E-state index contributed by atoms with van der Waals surface area (Å²) in [6, 6.07) is 8.93. The Morgan fingerprint density at radius 3 is 2.97 bits per heavy atom. The van der Waals surface area contributed by atoms with Crippen LogP contribution in [0, 0.1) is 22.1 Å². The summed E-state index contributed by atoms with van der Waals surface area (Å²) in [4.78, 5) is 23.0. The zero-order valence-corrected chi connectivity index (χ0v) is 15.5. The fraction of sp³-hybridized carbons (Fsp3) is 0.200. The summed E-state index contributed by atoms with van der Waals surface area (Å²) in [6.07, 6.45) is -0.319. The van der Waals surface area contributed by atoms with Crippen LogP contribution in [0.4, 0.5) is 15.8 Å². The Balaban J connectivity index is 1.81. The van der Waals surface area contributed by atoms with Crippen molar-refractivity contribution in [3.63, 3.8) is 0 Å². The Bertz CT molecular complexity index is 1210. The van der Waals surface area contributed by atoms with Gasteiger partial charge in [0.15, 0.2) is 12.5 Å². The van der Waals surface area contributed by atoms with Crippen molar-refractivity contribution in [1.29, 1.82) is 5.26 Å². The average molecular weight is 410 g/mol. The number of nitrogens with zero attached hydrogens (tertiary/aromatic N) is 3. The normalized spacial score (nSPS) is 12.7. The number of benzene rings is 2. The third kappa shape index (κ3) is 3.42. The monoisotopic (exact) mass is 410 g/mol. The number of ether oxygens (including phenoxy) is 2. The number of carbonyl (C=O) groups excluding carboxylic acids is 1. The van der Waals surface area contributed by atoms with Crippen LogP contribution in [-0.2, 0) is 22.7 Å². The molecule has 10 heteroatoms. The Hall–Kier alpha value is -3.97. The number of amides is 1. The van der Waals surface area contributed by atoms with Crippen LogP contribution in [0.3, 0.4) is 0 Å². The fourth-order valence-corrected chi connectivity index (χ4v) is 3.47. The second-order valence-corrected chi connectivity index (χ2v) is 6.63. The van der Waals surface area contributed by atoms with Crippen LogP contribution in [-0.4, -0.2) is 22.4 Å². The summed E-state index contributed by atoms with van der Waals surface area (Å²) < 4.78 is 26.2. The summed E-state index contributed by atoms with van der Waals surface area (Å²) in [5.74, 6) is -0.943. The van der Waals surface area contributed by atoms with E-state index in [0.717, 1.165) is 0 Å². The number of fused-ring (bicyclic) bond motifs is 2. The number of nitriles is 1. The van der Waals surface area contributed by atoms with Gasteiger partial charge in [-0.05, 0) is 35.5 Å². The lowest BCUT2D eigenvalue weighted by Crippen LogP contribution is -2.15. The van der Waals surface area contributed by atoms with E-state index in [1.807, 2.05) is 0 Å². The Labute approximate surface area is 169 Å². The number of nitrogens with one attached hydrogen (secondary N) is 1. The summed E-state index contributed by atoms with van der Waals surface area (Å²) in [5.41, 5.74) is 1.56. The molecule has 30 heavy (non-hydrogen) atoms. The average Bonchev–Trinajstić information content (AvgIpc) is 2.98. The Morgan fingerprint density at radius 1 is 1.37 bits per heavy atom. The molecule has 2 heterocycles. The maximum Gasteiger partial charge on any atom is 0.238 e. The second-order valence-electron chi connectivity index (χ2n) is 6.63. The van der Waals surface area contributed by atoms with E-state index in [-0.39, 0.29) is 32.1 Å². The van der Waals surface area contributed by atoms with E-state index in [1.165, 1.54) is 34.9 Å². The minimum Gasteiger partial charge on any atom is -0.493 e. The number of anilines is 1. The molecule has 0 unspecified atom stereocenters. The van der Waals surface area contributed by atoms with Crippen LogP contribution >= 0.6 is 0 Å². The van der Waals surface area contributed by atoms with Crippen LogP contribution in [0.1, 0.15) is 17.5 Å². The molecule has 2 aromatic carbocycles. The van der Waals surface area contributed by atoms with E-state index in [1.54, 1.807) is 6.07 Å². The lowest BCUT2D eigenvalue weighted by atomic mass is 10.1. The third-order valence-corrected chi connectivity index (χ3v) is 4.71. The summed E-state index contributed by atoms with van der Waals surface area (Å²) in [7, 11) is 0. The molecular formula is C20H15FN4O5. The number of nitroso groups, excluding NO2 is 1. The van der Waals surface area contributed by atoms with E-state index in [2.05, 4.69) is 10.5 Å². The van der Waals surface area contributed by atoms with Crippen molar-refractivity contribution < 1.29 is 23.8 Å².